The monoisotopic (exact) mass is 1090 g/mol. The van der Waals surface area contributed by atoms with Crippen molar-refractivity contribution in [1.29, 1.82) is 0 Å². The summed E-state index contributed by atoms with van der Waals surface area (Å²) < 4.78 is 17.0. The highest BCUT2D eigenvalue weighted by atomic mass is 16.6. The molecule has 0 aromatic rings. The zero-order valence-electron chi connectivity index (χ0n) is 51.9. The molecule has 0 saturated carbocycles. The van der Waals surface area contributed by atoms with Crippen molar-refractivity contribution < 1.29 is 28.6 Å². The largest absolute Gasteiger partial charge is 0.462 e. The van der Waals surface area contributed by atoms with E-state index < -0.39 is 6.10 Å². The van der Waals surface area contributed by atoms with E-state index >= 15 is 0 Å². The minimum absolute atomic E-state index is 0.0778. The van der Waals surface area contributed by atoms with Gasteiger partial charge in [-0.05, 0) is 89.9 Å². The first kappa shape index (κ1) is 74.8. The van der Waals surface area contributed by atoms with E-state index in [9.17, 15) is 14.4 Å². The van der Waals surface area contributed by atoms with Gasteiger partial charge in [0.1, 0.15) is 13.2 Å². The van der Waals surface area contributed by atoms with Gasteiger partial charge in [-0.1, -0.05) is 312 Å². The van der Waals surface area contributed by atoms with Crippen molar-refractivity contribution in [2.45, 2.75) is 354 Å². The van der Waals surface area contributed by atoms with Gasteiger partial charge in [-0.25, -0.2) is 0 Å². The van der Waals surface area contributed by atoms with Crippen molar-refractivity contribution in [1.82, 2.24) is 0 Å². The van der Waals surface area contributed by atoms with Crippen LogP contribution < -0.4 is 0 Å². The van der Waals surface area contributed by atoms with Gasteiger partial charge in [0.05, 0.1) is 0 Å². The summed E-state index contributed by atoms with van der Waals surface area (Å²) in [5, 5.41) is 0. The van der Waals surface area contributed by atoms with Crippen LogP contribution in [0.3, 0.4) is 0 Å². The predicted octanol–water partition coefficient (Wildman–Crippen LogP) is 23.3. The van der Waals surface area contributed by atoms with Crippen LogP contribution in [-0.4, -0.2) is 37.2 Å². The third kappa shape index (κ3) is 63.7. The molecule has 0 aliphatic carbocycles. The summed E-state index contributed by atoms with van der Waals surface area (Å²) >= 11 is 0. The molecule has 0 aliphatic heterocycles. The van der Waals surface area contributed by atoms with Gasteiger partial charge in [-0.2, -0.15) is 0 Å². The summed E-state index contributed by atoms with van der Waals surface area (Å²) in [6.45, 7) is 6.56. The average molecular weight is 1090 g/mol. The van der Waals surface area contributed by atoms with Gasteiger partial charge in [0.25, 0.3) is 0 Å². The third-order valence-electron chi connectivity index (χ3n) is 14.9. The van der Waals surface area contributed by atoms with Crippen molar-refractivity contribution in [3.8, 4) is 0 Å². The normalized spacial score (nSPS) is 12.5. The van der Waals surface area contributed by atoms with E-state index in [1.165, 1.54) is 205 Å². The molecule has 0 rings (SSSR count). The lowest BCUT2D eigenvalue weighted by molar-refractivity contribution is -0.167. The molecule has 0 spiro atoms. The maximum Gasteiger partial charge on any atom is 0.306 e. The van der Waals surface area contributed by atoms with Crippen molar-refractivity contribution in [3.63, 3.8) is 0 Å². The molecular weight excluding hydrogens is 961 g/mol. The fraction of sp³-hybridized carbons (Fsp3) is 0.792. The maximum absolute atomic E-state index is 12.9. The van der Waals surface area contributed by atoms with Crippen molar-refractivity contribution in [2.24, 2.45) is 0 Å². The molecule has 0 aliphatic rings. The van der Waals surface area contributed by atoms with E-state index in [1.807, 2.05) is 0 Å². The lowest BCUT2D eigenvalue weighted by atomic mass is 10.0. The number of ether oxygens (including phenoxy) is 3. The van der Waals surface area contributed by atoms with Crippen LogP contribution in [-0.2, 0) is 28.6 Å². The molecule has 0 radical (unpaired) electrons. The molecule has 0 saturated heterocycles. The van der Waals surface area contributed by atoms with E-state index in [0.717, 1.165) is 103 Å². The highest BCUT2D eigenvalue weighted by Crippen LogP contribution is 2.17. The minimum atomic E-state index is -0.781. The minimum Gasteiger partial charge on any atom is -0.462 e. The first-order valence-corrected chi connectivity index (χ1v) is 33.9. The van der Waals surface area contributed by atoms with Crippen LogP contribution in [0.5, 0.6) is 0 Å². The van der Waals surface area contributed by atoms with Crippen LogP contribution in [0.1, 0.15) is 348 Å². The molecule has 0 aromatic heterocycles. The molecule has 6 nitrogen and oxygen atoms in total. The second-order valence-electron chi connectivity index (χ2n) is 22.7. The summed E-state index contributed by atoms with van der Waals surface area (Å²) in [7, 11) is 0. The number of esters is 3. The van der Waals surface area contributed by atoms with Gasteiger partial charge in [0.15, 0.2) is 6.10 Å². The van der Waals surface area contributed by atoms with Crippen LogP contribution >= 0.6 is 0 Å². The second kappa shape index (κ2) is 66.4. The van der Waals surface area contributed by atoms with Crippen molar-refractivity contribution in [3.05, 3.63) is 72.9 Å². The zero-order chi connectivity index (χ0) is 56.4. The number of carbonyl (C=O) groups excluding carboxylic acids is 3. The average Bonchev–Trinajstić information content (AvgIpc) is 3.44. The van der Waals surface area contributed by atoms with E-state index in [-0.39, 0.29) is 31.1 Å². The van der Waals surface area contributed by atoms with E-state index in [1.54, 1.807) is 0 Å². The number of carbonyl (C=O) groups is 3. The lowest BCUT2D eigenvalue weighted by Gasteiger charge is -2.18. The van der Waals surface area contributed by atoms with Gasteiger partial charge in [0, 0.05) is 19.3 Å². The summed E-state index contributed by atoms with van der Waals surface area (Å²) in [6, 6.07) is 0. The molecule has 0 heterocycles. The van der Waals surface area contributed by atoms with Crippen LogP contribution in [0.2, 0.25) is 0 Å². The molecule has 78 heavy (non-hydrogen) atoms. The fourth-order valence-corrected chi connectivity index (χ4v) is 9.88. The van der Waals surface area contributed by atoms with Gasteiger partial charge in [-0.15, -0.1) is 0 Å². The Morgan fingerprint density at radius 3 is 0.795 bits per heavy atom. The summed E-state index contributed by atoms with van der Waals surface area (Å²) in [4.78, 5) is 38.4. The van der Waals surface area contributed by atoms with Crippen LogP contribution in [0.25, 0.3) is 0 Å². The zero-order valence-corrected chi connectivity index (χ0v) is 51.9. The Morgan fingerprint density at radius 2 is 0.500 bits per heavy atom. The second-order valence-corrected chi connectivity index (χ2v) is 22.7. The molecule has 0 bridgehead atoms. The van der Waals surface area contributed by atoms with Crippen molar-refractivity contribution >= 4 is 17.9 Å². The van der Waals surface area contributed by atoms with Gasteiger partial charge in [0.2, 0.25) is 0 Å². The van der Waals surface area contributed by atoms with Crippen LogP contribution in [0.4, 0.5) is 0 Å². The number of unbranched alkanes of at least 4 members (excludes halogenated alkanes) is 39. The Balaban J connectivity index is 4.33. The van der Waals surface area contributed by atoms with Gasteiger partial charge in [-0.3, -0.25) is 14.4 Å². The van der Waals surface area contributed by atoms with E-state index in [2.05, 4.69) is 93.7 Å². The molecular formula is C72H128O6. The summed E-state index contributed by atoms with van der Waals surface area (Å²) in [6.07, 6.45) is 86.3. The number of allylic oxidation sites excluding steroid dienone is 12. The van der Waals surface area contributed by atoms with Crippen LogP contribution in [0, 0.1) is 0 Å². The molecule has 0 amide bonds. The molecule has 0 N–H and O–H groups in total. The Hall–Kier alpha value is -3.15. The molecule has 0 aromatic carbocycles. The van der Waals surface area contributed by atoms with E-state index in [0.29, 0.717) is 19.3 Å². The van der Waals surface area contributed by atoms with Gasteiger partial charge >= 0.3 is 17.9 Å². The number of rotatable bonds is 62. The number of hydrogen-bond acceptors (Lipinski definition) is 6. The molecule has 0 fully saturated rings. The molecule has 1 atom stereocenters. The van der Waals surface area contributed by atoms with Gasteiger partial charge < -0.3 is 14.2 Å². The Bertz CT molecular complexity index is 1440. The summed E-state index contributed by atoms with van der Waals surface area (Å²) in [5.41, 5.74) is 0. The van der Waals surface area contributed by atoms with E-state index in [4.69, 9.17) is 14.2 Å². The first-order valence-electron chi connectivity index (χ1n) is 33.9. The molecule has 1 unspecified atom stereocenters. The highest BCUT2D eigenvalue weighted by Gasteiger charge is 2.19. The van der Waals surface area contributed by atoms with Crippen LogP contribution in [0.15, 0.2) is 72.9 Å². The standard InChI is InChI=1S/C72H128O6/c1-4-7-10-13-16-19-22-25-28-30-32-34-35-36-37-38-40-41-44-47-50-53-56-59-62-65-71(74)77-68-69(67-76-70(73)64-61-58-55-52-49-46-43-27-24-21-18-15-12-9-6-3)78-72(75)66-63-60-57-54-51-48-45-42-39-33-31-29-26-23-20-17-14-11-8-5-2/h7,10,16,19,25,27-28,32,34,36-37,43,69H,4-6,8-9,11-15,17-18,20-24,26,29-31,33,35,38-42,44-68H2,1-3H3/b10-7-,19-16-,28-25-,34-32-,37-36-,43-27-. The first-order chi connectivity index (χ1) is 38.5. The summed E-state index contributed by atoms with van der Waals surface area (Å²) in [5.74, 6) is -0.871. The third-order valence-corrected chi connectivity index (χ3v) is 14.9. The lowest BCUT2D eigenvalue weighted by Crippen LogP contribution is -2.30. The molecule has 452 valence electrons. The maximum atomic E-state index is 12.9. The Kier molecular flexibility index (Phi) is 63.7. The quantitative estimate of drug-likeness (QED) is 0.0261. The smallest absolute Gasteiger partial charge is 0.306 e. The highest BCUT2D eigenvalue weighted by molar-refractivity contribution is 5.71. The Morgan fingerprint density at radius 1 is 0.269 bits per heavy atom. The predicted molar refractivity (Wildman–Crippen MR) is 339 cm³/mol. The topological polar surface area (TPSA) is 78.9 Å². The Labute approximate surface area is 484 Å². The van der Waals surface area contributed by atoms with Crippen molar-refractivity contribution in [2.75, 3.05) is 13.2 Å². The molecule has 6 heteroatoms. The number of hydrogen-bond donors (Lipinski definition) is 0. The fourth-order valence-electron chi connectivity index (χ4n) is 9.88. The SMILES string of the molecule is CC/C=C\C/C=C\C/C=C\C/C=C\C/C=C\CCCCCCCCCCCC(=O)OCC(COC(=O)CCCCCCC/C=C\CCCCCCCC)OC(=O)CCCCCCCCCCCCCCCCCCCCCC.